The fraction of sp³-hybridized carbons (Fsp3) is 0.833. The molecule has 2 N–H and O–H groups in total. The zero-order valence-electron chi connectivity index (χ0n) is 11.3. The van der Waals surface area contributed by atoms with Crippen molar-refractivity contribution in [1.29, 1.82) is 0 Å². The largest absolute Gasteiger partial charge is 0.548 e. The Kier molecular flexibility index (Phi) is 9.00. The van der Waals surface area contributed by atoms with Gasteiger partial charge in [-0.2, -0.15) is 0 Å². The van der Waals surface area contributed by atoms with Crippen molar-refractivity contribution in [2.45, 2.75) is 39.7 Å². The molecule has 0 spiro atoms. The van der Waals surface area contributed by atoms with E-state index in [1.54, 1.807) is 0 Å². The van der Waals surface area contributed by atoms with Crippen LogP contribution in [0.3, 0.4) is 0 Å². The second-order valence-electron chi connectivity index (χ2n) is 4.45. The zero-order chi connectivity index (χ0) is 14.0. The summed E-state index contributed by atoms with van der Waals surface area (Å²) in [5.74, 6) is -1.08. The zero-order valence-corrected chi connectivity index (χ0v) is 11.3. The second-order valence-corrected chi connectivity index (χ2v) is 4.45. The van der Waals surface area contributed by atoms with Crippen LogP contribution in [0.5, 0.6) is 0 Å². The molecule has 0 aliphatic rings. The molecule has 0 aliphatic heterocycles. The first kappa shape index (κ1) is 16.7. The number of carbonyl (C=O) groups excluding carboxylic acids is 2. The third-order valence-corrected chi connectivity index (χ3v) is 2.25. The molecule has 0 aromatic heterocycles. The van der Waals surface area contributed by atoms with Gasteiger partial charge in [-0.05, 0) is 25.7 Å². The molecule has 6 heteroatoms. The average molecular weight is 259 g/mol. The lowest BCUT2D eigenvalue weighted by Crippen LogP contribution is -2.51. The molecule has 0 radical (unpaired) electrons. The Morgan fingerprint density at radius 1 is 1.33 bits per heavy atom. The summed E-state index contributed by atoms with van der Waals surface area (Å²) in [7, 11) is 0. The number of hydrogen-bond acceptors (Lipinski definition) is 4. The molecule has 0 saturated carbocycles. The van der Waals surface area contributed by atoms with Crippen molar-refractivity contribution in [2.75, 3.05) is 19.8 Å². The molecule has 1 atom stereocenters. The molecule has 0 aromatic carbocycles. The van der Waals surface area contributed by atoms with Crippen LogP contribution in [0.15, 0.2) is 0 Å². The van der Waals surface area contributed by atoms with E-state index in [9.17, 15) is 14.7 Å². The summed E-state index contributed by atoms with van der Waals surface area (Å²) in [5, 5.41) is 15.8. The molecular weight excluding hydrogens is 236 g/mol. The maximum atomic E-state index is 11.4. The van der Waals surface area contributed by atoms with Gasteiger partial charge in [0.2, 0.25) is 0 Å². The Morgan fingerprint density at radius 2 is 2.00 bits per heavy atom. The Labute approximate surface area is 108 Å². The van der Waals surface area contributed by atoms with Crippen LogP contribution in [0.4, 0.5) is 4.79 Å². The van der Waals surface area contributed by atoms with Crippen molar-refractivity contribution in [3.63, 3.8) is 0 Å². The number of nitrogens with one attached hydrogen (secondary N) is 2. The van der Waals surface area contributed by atoms with Gasteiger partial charge in [-0.1, -0.05) is 13.8 Å². The predicted octanol–water partition coefficient (Wildman–Crippen LogP) is -0.123. The molecule has 0 rings (SSSR count). The van der Waals surface area contributed by atoms with Crippen LogP contribution in [0.1, 0.15) is 33.6 Å². The molecule has 2 amide bonds. The number of amides is 2. The highest BCUT2D eigenvalue weighted by atomic mass is 16.5. The minimum absolute atomic E-state index is 0.172. The molecule has 6 nitrogen and oxygen atoms in total. The van der Waals surface area contributed by atoms with Gasteiger partial charge in [0, 0.05) is 19.8 Å². The predicted molar refractivity (Wildman–Crippen MR) is 65.9 cm³/mol. The third kappa shape index (κ3) is 8.81. The van der Waals surface area contributed by atoms with E-state index in [-0.39, 0.29) is 5.92 Å². The summed E-state index contributed by atoms with van der Waals surface area (Å²) in [6.45, 7) is 7.35. The first-order valence-corrected chi connectivity index (χ1v) is 6.30. The molecule has 0 unspecified atom stereocenters. The van der Waals surface area contributed by atoms with Gasteiger partial charge >= 0.3 is 6.03 Å². The fourth-order valence-corrected chi connectivity index (χ4v) is 1.42. The van der Waals surface area contributed by atoms with Crippen LogP contribution < -0.4 is 15.7 Å². The Hall–Kier alpha value is -1.30. The van der Waals surface area contributed by atoms with E-state index in [2.05, 4.69) is 10.6 Å². The normalized spacial score (nSPS) is 12.2. The molecule has 0 fully saturated rings. The molecular formula is C12H23N2O4-. The van der Waals surface area contributed by atoms with Gasteiger partial charge in [0.05, 0.1) is 12.0 Å². The maximum Gasteiger partial charge on any atom is 0.315 e. The molecule has 0 heterocycles. The lowest BCUT2D eigenvalue weighted by molar-refractivity contribution is -0.308. The topological polar surface area (TPSA) is 90.5 Å². The van der Waals surface area contributed by atoms with Gasteiger partial charge in [-0.25, -0.2) is 4.79 Å². The van der Waals surface area contributed by atoms with Crippen molar-refractivity contribution >= 4 is 12.0 Å². The first-order chi connectivity index (χ1) is 8.47. The number of ether oxygens (including phenoxy) is 1. The highest BCUT2D eigenvalue weighted by Crippen LogP contribution is 2.03. The second kappa shape index (κ2) is 9.70. The Balaban J connectivity index is 3.85. The lowest BCUT2D eigenvalue weighted by Gasteiger charge is -2.21. The van der Waals surface area contributed by atoms with Gasteiger partial charge < -0.3 is 25.3 Å². The summed E-state index contributed by atoms with van der Waals surface area (Å²) in [6, 6.07) is -1.43. The number of hydrogen-bond donors (Lipinski definition) is 2. The molecule has 0 aromatic rings. The summed E-state index contributed by atoms with van der Waals surface area (Å²) >= 11 is 0. The van der Waals surface area contributed by atoms with E-state index in [1.807, 2.05) is 20.8 Å². The Morgan fingerprint density at radius 3 is 2.50 bits per heavy atom. The van der Waals surface area contributed by atoms with Gasteiger partial charge in [0.25, 0.3) is 0 Å². The quantitative estimate of drug-likeness (QED) is 0.565. The van der Waals surface area contributed by atoms with Gasteiger partial charge in [0.1, 0.15) is 0 Å². The van der Waals surface area contributed by atoms with E-state index >= 15 is 0 Å². The summed E-state index contributed by atoms with van der Waals surface area (Å²) in [4.78, 5) is 22.2. The van der Waals surface area contributed by atoms with Gasteiger partial charge in [0.15, 0.2) is 0 Å². The fourth-order valence-electron chi connectivity index (χ4n) is 1.42. The van der Waals surface area contributed by atoms with Gasteiger partial charge in [-0.15, -0.1) is 0 Å². The summed E-state index contributed by atoms with van der Waals surface area (Å²) in [6.07, 6.45) is 1.05. The van der Waals surface area contributed by atoms with E-state index in [0.29, 0.717) is 32.6 Å². The monoisotopic (exact) mass is 259 g/mol. The van der Waals surface area contributed by atoms with Crippen molar-refractivity contribution in [2.24, 2.45) is 5.92 Å². The third-order valence-electron chi connectivity index (χ3n) is 2.25. The Bertz CT molecular complexity index is 256. The molecule has 0 aliphatic carbocycles. The van der Waals surface area contributed by atoms with Crippen molar-refractivity contribution in [3.8, 4) is 0 Å². The van der Waals surface area contributed by atoms with Crippen molar-refractivity contribution in [3.05, 3.63) is 0 Å². The number of aliphatic carboxylic acids is 1. The van der Waals surface area contributed by atoms with E-state index in [0.717, 1.165) is 0 Å². The van der Waals surface area contributed by atoms with Crippen molar-refractivity contribution < 1.29 is 19.4 Å². The van der Waals surface area contributed by atoms with Crippen LogP contribution in [-0.4, -0.2) is 37.8 Å². The molecule has 18 heavy (non-hydrogen) atoms. The van der Waals surface area contributed by atoms with Gasteiger partial charge in [-0.3, -0.25) is 0 Å². The smallest absolute Gasteiger partial charge is 0.315 e. The standard InChI is InChI=1S/C12H24N2O4/c1-4-18-7-5-6-13-12(17)14-10(11(15)16)8-9(2)3/h9-10H,4-8H2,1-3H3,(H,15,16)(H2,13,14,17)/p-1/t10-/m0/s1. The van der Waals surface area contributed by atoms with Crippen LogP contribution in [0.25, 0.3) is 0 Å². The van der Waals surface area contributed by atoms with E-state index < -0.39 is 18.0 Å². The minimum atomic E-state index is -1.26. The first-order valence-electron chi connectivity index (χ1n) is 6.30. The molecule has 0 saturated heterocycles. The molecule has 0 bridgehead atoms. The number of rotatable bonds is 9. The van der Waals surface area contributed by atoms with E-state index in [4.69, 9.17) is 4.74 Å². The number of carboxylic acids is 1. The summed E-state index contributed by atoms with van der Waals surface area (Å²) in [5.41, 5.74) is 0. The lowest BCUT2D eigenvalue weighted by atomic mass is 10.0. The number of carbonyl (C=O) groups is 2. The number of urea groups is 1. The highest BCUT2D eigenvalue weighted by molar-refractivity contribution is 5.81. The number of carboxylic acid groups (broad SMARTS) is 1. The summed E-state index contributed by atoms with van der Waals surface area (Å²) < 4.78 is 5.11. The van der Waals surface area contributed by atoms with Crippen molar-refractivity contribution in [1.82, 2.24) is 10.6 Å². The molecule has 106 valence electrons. The minimum Gasteiger partial charge on any atom is -0.548 e. The van der Waals surface area contributed by atoms with Crippen LogP contribution in [0.2, 0.25) is 0 Å². The van der Waals surface area contributed by atoms with E-state index in [1.165, 1.54) is 0 Å². The highest BCUT2D eigenvalue weighted by Gasteiger charge is 2.14. The maximum absolute atomic E-state index is 11.4. The van der Waals surface area contributed by atoms with Crippen LogP contribution in [0, 0.1) is 5.92 Å². The average Bonchev–Trinajstić information content (AvgIpc) is 2.27. The SMILES string of the molecule is CCOCCCNC(=O)N[C@@H](CC(C)C)C(=O)[O-]. The van der Waals surface area contributed by atoms with Crippen LogP contribution >= 0.6 is 0 Å². The van der Waals surface area contributed by atoms with Crippen LogP contribution in [-0.2, 0) is 9.53 Å².